The van der Waals surface area contributed by atoms with Crippen molar-refractivity contribution >= 4 is 5.97 Å². The molecule has 0 aliphatic heterocycles. The van der Waals surface area contributed by atoms with E-state index < -0.39 is 5.97 Å². The molecule has 0 fully saturated rings. The van der Waals surface area contributed by atoms with Crippen molar-refractivity contribution in [2.24, 2.45) is 5.73 Å². The zero-order valence-corrected chi connectivity index (χ0v) is 10.6. The molecule has 1 aliphatic carbocycles. The van der Waals surface area contributed by atoms with Crippen LogP contribution >= 0.6 is 0 Å². The van der Waals surface area contributed by atoms with E-state index in [1.165, 1.54) is 11.1 Å². The largest absolute Gasteiger partial charge is 0.494 e. The van der Waals surface area contributed by atoms with E-state index in [2.05, 4.69) is 0 Å². The number of ether oxygens (including phenoxy) is 1. The summed E-state index contributed by atoms with van der Waals surface area (Å²) < 4.78 is 5.61. The van der Waals surface area contributed by atoms with E-state index in [9.17, 15) is 4.79 Å². The Labute approximate surface area is 107 Å². The normalized spacial score (nSPS) is 17.6. The number of hydrogen-bond acceptors (Lipinski definition) is 3. The highest BCUT2D eigenvalue weighted by atomic mass is 16.5. The number of carbonyl (C=O) groups is 1. The lowest BCUT2D eigenvalue weighted by atomic mass is 9.99. The number of benzene rings is 1. The van der Waals surface area contributed by atoms with Crippen LogP contribution in [0.15, 0.2) is 12.1 Å². The number of hydrogen-bond donors (Lipinski definition) is 2. The predicted octanol–water partition coefficient (Wildman–Crippen LogP) is 1.53. The van der Waals surface area contributed by atoms with Gasteiger partial charge in [0.1, 0.15) is 5.75 Å². The smallest absolute Gasteiger partial charge is 0.303 e. The first-order chi connectivity index (χ1) is 8.61. The van der Waals surface area contributed by atoms with Crippen LogP contribution in [0.2, 0.25) is 0 Å². The van der Waals surface area contributed by atoms with Crippen molar-refractivity contribution in [3.05, 3.63) is 28.8 Å². The maximum absolute atomic E-state index is 10.7. The maximum Gasteiger partial charge on any atom is 0.303 e. The van der Waals surface area contributed by atoms with Crippen molar-refractivity contribution in [2.75, 3.05) is 6.61 Å². The van der Waals surface area contributed by atoms with Crippen LogP contribution in [-0.2, 0) is 24.1 Å². The second-order valence-electron chi connectivity index (χ2n) is 4.68. The summed E-state index contributed by atoms with van der Waals surface area (Å²) in [7, 11) is 0. The van der Waals surface area contributed by atoms with Gasteiger partial charge in [-0.05, 0) is 48.9 Å². The van der Waals surface area contributed by atoms with E-state index in [4.69, 9.17) is 15.6 Å². The number of fused-ring (bicyclic) bond motifs is 1. The Morgan fingerprint density at radius 1 is 1.44 bits per heavy atom. The highest BCUT2D eigenvalue weighted by Gasteiger charge is 2.24. The fourth-order valence-corrected chi connectivity index (χ4v) is 2.56. The lowest BCUT2D eigenvalue weighted by Gasteiger charge is -2.12. The van der Waals surface area contributed by atoms with Crippen LogP contribution in [0.1, 0.15) is 30.0 Å². The molecular formula is C14H19NO3. The van der Waals surface area contributed by atoms with Crippen LogP contribution in [0.5, 0.6) is 5.75 Å². The van der Waals surface area contributed by atoms with Crippen molar-refractivity contribution in [3.8, 4) is 5.75 Å². The van der Waals surface area contributed by atoms with Gasteiger partial charge in [0.15, 0.2) is 0 Å². The Bertz CT molecular complexity index is 457. The Morgan fingerprint density at radius 2 is 2.17 bits per heavy atom. The van der Waals surface area contributed by atoms with Gasteiger partial charge < -0.3 is 15.6 Å². The summed E-state index contributed by atoms with van der Waals surface area (Å²) >= 11 is 0. The molecule has 1 aliphatic rings. The lowest BCUT2D eigenvalue weighted by molar-refractivity contribution is -0.136. The number of carboxylic acids is 1. The fourth-order valence-electron chi connectivity index (χ4n) is 2.56. The molecule has 4 heteroatoms. The molecular weight excluding hydrogens is 230 g/mol. The molecule has 0 bridgehead atoms. The Morgan fingerprint density at radius 3 is 2.83 bits per heavy atom. The van der Waals surface area contributed by atoms with Gasteiger partial charge in [-0.3, -0.25) is 4.79 Å². The van der Waals surface area contributed by atoms with Crippen molar-refractivity contribution < 1.29 is 14.6 Å². The lowest BCUT2D eigenvalue weighted by Crippen LogP contribution is -2.19. The molecule has 2 rings (SSSR count). The zero-order valence-electron chi connectivity index (χ0n) is 10.6. The van der Waals surface area contributed by atoms with Crippen molar-refractivity contribution in [1.29, 1.82) is 0 Å². The van der Waals surface area contributed by atoms with Gasteiger partial charge in [-0.15, -0.1) is 0 Å². The van der Waals surface area contributed by atoms with E-state index in [0.717, 1.165) is 24.2 Å². The topological polar surface area (TPSA) is 72.5 Å². The summed E-state index contributed by atoms with van der Waals surface area (Å²) in [4.78, 5) is 10.7. The molecule has 4 nitrogen and oxygen atoms in total. The molecule has 1 aromatic rings. The highest BCUT2D eigenvalue weighted by molar-refractivity contribution is 5.67. The van der Waals surface area contributed by atoms with E-state index in [1.807, 2.05) is 19.1 Å². The Hall–Kier alpha value is -1.55. The molecule has 0 amide bonds. The first-order valence-corrected chi connectivity index (χ1v) is 6.35. The predicted molar refractivity (Wildman–Crippen MR) is 69.0 cm³/mol. The van der Waals surface area contributed by atoms with E-state index in [-0.39, 0.29) is 12.5 Å². The Kier molecular flexibility index (Phi) is 3.87. The molecule has 3 N–H and O–H groups in total. The molecule has 0 spiro atoms. The zero-order chi connectivity index (χ0) is 13.1. The molecule has 1 unspecified atom stereocenters. The molecule has 0 heterocycles. The van der Waals surface area contributed by atoms with Gasteiger partial charge >= 0.3 is 5.97 Å². The minimum absolute atomic E-state index is 0.130. The van der Waals surface area contributed by atoms with Crippen LogP contribution in [0.4, 0.5) is 0 Å². The number of carboxylic acid groups (broad SMARTS) is 1. The first kappa shape index (κ1) is 12.9. The van der Waals surface area contributed by atoms with E-state index in [0.29, 0.717) is 13.0 Å². The monoisotopic (exact) mass is 249 g/mol. The number of aryl methyl sites for hydroxylation is 1. The second kappa shape index (κ2) is 5.40. The summed E-state index contributed by atoms with van der Waals surface area (Å²) in [5.41, 5.74) is 9.48. The fraction of sp³-hybridized carbons (Fsp3) is 0.500. The van der Waals surface area contributed by atoms with Gasteiger partial charge in [-0.1, -0.05) is 6.07 Å². The second-order valence-corrected chi connectivity index (χ2v) is 4.68. The molecule has 18 heavy (non-hydrogen) atoms. The summed E-state index contributed by atoms with van der Waals surface area (Å²) in [5, 5.41) is 8.76. The van der Waals surface area contributed by atoms with Gasteiger partial charge in [0.25, 0.3) is 0 Å². The minimum atomic E-state index is -0.764. The summed E-state index contributed by atoms with van der Waals surface area (Å²) in [6.07, 6.45) is 2.38. The van der Waals surface area contributed by atoms with Gasteiger partial charge in [0.2, 0.25) is 0 Å². The average molecular weight is 249 g/mol. The van der Waals surface area contributed by atoms with Crippen molar-refractivity contribution in [1.82, 2.24) is 0 Å². The van der Waals surface area contributed by atoms with Crippen LogP contribution in [0, 0.1) is 0 Å². The van der Waals surface area contributed by atoms with Gasteiger partial charge in [0.05, 0.1) is 6.61 Å². The molecule has 0 aromatic heterocycles. The van der Waals surface area contributed by atoms with E-state index in [1.54, 1.807) is 0 Å². The number of rotatable bonds is 5. The van der Waals surface area contributed by atoms with Crippen LogP contribution in [0.3, 0.4) is 0 Å². The molecule has 0 radical (unpaired) electrons. The number of nitrogens with two attached hydrogens (primary N) is 1. The van der Waals surface area contributed by atoms with E-state index >= 15 is 0 Å². The molecule has 1 aromatic carbocycles. The summed E-state index contributed by atoms with van der Waals surface area (Å²) in [5.74, 6) is 0.138. The van der Waals surface area contributed by atoms with Gasteiger partial charge in [-0.2, -0.15) is 0 Å². The summed E-state index contributed by atoms with van der Waals surface area (Å²) in [6.45, 7) is 2.59. The van der Waals surface area contributed by atoms with Gasteiger partial charge in [0, 0.05) is 12.5 Å². The average Bonchev–Trinajstić information content (AvgIpc) is 2.70. The third-order valence-corrected chi connectivity index (χ3v) is 3.33. The third kappa shape index (κ3) is 2.64. The van der Waals surface area contributed by atoms with Crippen molar-refractivity contribution in [3.63, 3.8) is 0 Å². The SMILES string of the molecule is CCOc1ccc(CCC(=O)O)c2c1CC(N)C2. The number of aliphatic carboxylic acids is 1. The standard InChI is InChI=1S/C14H19NO3/c1-2-18-13-5-3-9(4-6-14(16)17)11-7-10(15)8-12(11)13/h3,5,10H,2,4,6-8,15H2,1H3,(H,16,17). The maximum atomic E-state index is 10.7. The molecule has 0 saturated heterocycles. The summed E-state index contributed by atoms with van der Waals surface area (Å²) in [6, 6.07) is 4.05. The quantitative estimate of drug-likeness (QED) is 0.830. The van der Waals surface area contributed by atoms with Crippen LogP contribution in [0.25, 0.3) is 0 Å². The van der Waals surface area contributed by atoms with Gasteiger partial charge in [-0.25, -0.2) is 0 Å². The minimum Gasteiger partial charge on any atom is -0.494 e. The molecule has 98 valence electrons. The van der Waals surface area contributed by atoms with Crippen LogP contribution in [-0.4, -0.2) is 23.7 Å². The highest BCUT2D eigenvalue weighted by Crippen LogP contribution is 2.33. The molecule has 1 atom stereocenters. The first-order valence-electron chi connectivity index (χ1n) is 6.35. The molecule has 0 saturated carbocycles. The van der Waals surface area contributed by atoms with Crippen LogP contribution < -0.4 is 10.5 Å². The van der Waals surface area contributed by atoms with Crippen molar-refractivity contribution in [2.45, 2.75) is 38.6 Å². The Balaban J connectivity index is 2.28. The third-order valence-electron chi connectivity index (χ3n) is 3.33.